The lowest BCUT2D eigenvalue weighted by Gasteiger charge is -2.39. The number of amides is 1. The molecule has 1 aliphatic rings. The van der Waals surface area contributed by atoms with Gasteiger partial charge >= 0.3 is 0 Å². The van der Waals surface area contributed by atoms with Crippen LogP contribution in [0.3, 0.4) is 0 Å². The van der Waals surface area contributed by atoms with Crippen molar-refractivity contribution in [1.29, 1.82) is 0 Å². The minimum atomic E-state index is -3.06. The van der Waals surface area contributed by atoms with Gasteiger partial charge in [-0.25, -0.2) is 9.97 Å². The van der Waals surface area contributed by atoms with E-state index in [1.807, 2.05) is 52.8 Å². The second-order valence-electron chi connectivity index (χ2n) is 8.81. The summed E-state index contributed by atoms with van der Waals surface area (Å²) in [5.41, 5.74) is 1.63. The number of aliphatic imine (C=N–C) groups is 1. The second kappa shape index (κ2) is 10.8. The van der Waals surface area contributed by atoms with Gasteiger partial charge in [-0.1, -0.05) is 30.7 Å². The molecule has 0 spiro atoms. The number of carbonyl (C=O) groups excluding carboxylic acids is 1. The van der Waals surface area contributed by atoms with Crippen molar-refractivity contribution in [2.45, 2.75) is 66.3 Å². The number of halogens is 2. The molecular weight excluding hydrogens is 426 g/mol. The fourth-order valence-electron chi connectivity index (χ4n) is 3.70. The normalized spacial score (nSPS) is 20.3. The third-order valence-corrected chi connectivity index (χ3v) is 5.76. The smallest absolute Gasteiger partial charge is 0.288 e. The quantitative estimate of drug-likeness (QED) is 0.458. The van der Waals surface area contributed by atoms with Gasteiger partial charge in [-0.3, -0.25) is 9.79 Å². The Labute approximate surface area is 195 Å². The van der Waals surface area contributed by atoms with Crippen molar-refractivity contribution in [1.82, 2.24) is 14.9 Å². The summed E-state index contributed by atoms with van der Waals surface area (Å²) < 4.78 is 32.2. The Morgan fingerprint density at radius 1 is 1.36 bits per heavy atom. The van der Waals surface area contributed by atoms with Crippen LogP contribution in [0.25, 0.3) is 0 Å². The molecule has 2 atom stereocenters. The van der Waals surface area contributed by atoms with Gasteiger partial charge in [0.2, 0.25) is 11.8 Å². The molecule has 1 aromatic heterocycles. The summed E-state index contributed by atoms with van der Waals surface area (Å²) in [7, 11) is 1.74. The number of hydrogen-bond donors (Lipinski definition) is 0. The van der Waals surface area contributed by atoms with Gasteiger partial charge in [-0.05, 0) is 46.1 Å². The molecule has 0 radical (unpaired) electrons. The highest BCUT2D eigenvalue weighted by Crippen LogP contribution is 2.40. The first-order valence-electron chi connectivity index (χ1n) is 11.1. The van der Waals surface area contributed by atoms with E-state index in [1.54, 1.807) is 18.1 Å². The molecule has 0 saturated carbocycles. The number of allylic oxidation sites excluding steroid dienone is 4. The van der Waals surface area contributed by atoms with E-state index in [0.717, 1.165) is 36.4 Å². The highest BCUT2D eigenvalue weighted by molar-refractivity contribution is 6.06. The van der Waals surface area contributed by atoms with Crippen LogP contribution in [0.2, 0.25) is 0 Å². The Kier molecular flexibility index (Phi) is 8.63. The number of alkyl halides is 2. The molecule has 0 aromatic carbocycles. The van der Waals surface area contributed by atoms with E-state index in [2.05, 4.69) is 15.0 Å². The number of likely N-dealkylation sites (N-methyl/N-ethyl adjacent to an activating group) is 1. The lowest BCUT2D eigenvalue weighted by atomic mass is 9.71. The first-order chi connectivity index (χ1) is 15.4. The molecule has 0 bridgehead atoms. The summed E-state index contributed by atoms with van der Waals surface area (Å²) in [6.07, 6.45) is 11.4. The molecule has 1 heterocycles. The van der Waals surface area contributed by atoms with Crippen molar-refractivity contribution in [3.05, 3.63) is 53.7 Å². The molecule has 1 aliphatic carbocycles. The lowest BCUT2D eigenvalue weighted by molar-refractivity contribution is -0.140. The Morgan fingerprint density at radius 3 is 2.64 bits per heavy atom. The maximum absolute atomic E-state index is 13.6. The van der Waals surface area contributed by atoms with Crippen LogP contribution >= 0.6 is 0 Å². The Balaban J connectivity index is 2.13. The van der Waals surface area contributed by atoms with Crippen molar-refractivity contribution in [2.75, 3.05) is 13.7 Å². The highest BCUT2D eigenvalue weighted by Gasteiger charge is 2.42. The first-order valence-corrected chi connectivity index (χ1v) is 11.1. The zero-order chi connectivity index (χ0) is 24.8. The van der Waals surface area contributed by atoms with Crippen LogP contribution in [-0.2, 0) is 10.7 Å². The minimum Gasteiger partial charge on any atom is -0.474 e. The van der Waals surface area contributed by atoms with Crippen molar-refractivity contribution in [2.24, 2.45) is 10.4 Å². The molecule has 0 fully saturated rings. The number of nitrogens with zero attached hydrogens (tertiary/aromatic N) is 4. The molecule has 2 rings (SSSR count). The molecule has 1 unspecified atom stereocenters. The van der Waals surface area contributed by atoms with Gasteiger partial charge in [0.05, 0.1) is 23.9 Å². The van der Waals surface area contributed by atoms with Crippen molar-refractivity contribution in [3.63, 3.8) is 0 Å². The molecule has 1 amide bonds. The maximum Gasteiger partial charge on any atom is 0.288 e. The van der Waals surface area contributed by atoms with Gasteiger partial charge in [0.15, 0.2) is 0 Å². The third kappa shape index (κ3) is 6.55. The van der Waals surface area contributed by atoms with Crippen LogP contribution in [0, 0.1) is 5.41 Å². The molecule has 180 valence electrons. The SMILES string of the molecule is CC/C=C\N=C(C)C1=CC=C(C)CC1(C)C(=O)N(C)[C@@H](C)COc1cnc(C(C)(F)F)cn1. The fraction of sp³-hybridized carbons (Fsp3) is 0.520. The van der Waals surface area contributed by atoms with E-state index in [4.69, 9.17) is 4.74 Å². The topological polar surface area (TPSA) is 67.7 Å². The molecule has 6 nitrogen and oxygen atoms in total. The van der Waals surface area contributed by atoms with Crippen LogP contribution in [0.5, 0.6) is 5.88 Å². The molecule has 8 heteroatoms. The molecule has 33 heavy (non-hydrogen) atoms. The summed E-state index contributed by atoms with van der Waals surface area (Å²) in [4.78, 5) is 27.4. The molecule has 0 aliphatic heterocycles. The van der Waals surface area contributed by atoms with E-state index < -0.39 is 17.0 Å². The molecule has 1 aromatic rings. The van der Waals surface area contributed by atoms with Crippen molar-refractivity contribution >= 4 is 11.6 Å². The van der Waals surface area contributed by atoms with Crippen LogP contribution < -0.4 is 4.74 Å². The molecular formula is C25H34F2N4O2. The minimum absolute atomic E-state index is 0.0432. The number of carbonyl (C=O) groups is 1. The average Bonchev–Trinajstić information content (AvgIpc) is 2.76. The van der Waals surface area contributed by atoms with Crippen LogP contribution in [-0.4, -0.2) is 46.2 Å². The molecule has 0 N–H and O–H groups in total. The van der Waals surface area contributed by atoms with Gasteiger partial charge in [-0.2, -0.15) is 8.78 Å². The van der Waals surface area contributed by atoms with Crippen LogP contribution in [0.1, 0.15) is 60.1 Å². The second-order valence-corrected chi connectivity index (χ2v) is 8.81. The van der Waals surface area contributed by atoms with Gasteiger partial charge in [-0.15, -0.1) is 0 Å². The predicted octanol–water partition coefficient (Wildman–Crippen LogP) is 5.48. The Morgan fingerprint density at radius 2 is 2.06 bits per heavy atom. The van der Waals surface area contributed by atoms with Crippen LogP contribution in [0.15, 0.2) is 53.0 Å². The van der Waals surface area contributed by atoms with Crippen molar-refractivity contribution < 1.29 is 18.3 Å². The van der Waals surface area contributed by atoms with Crippen LogP contribution in [0.4, 0.5) is 8.78 Å². The number of ether oxygens (including phenoxy) is 1. The lowest BCUT2D eigenvalue weighted by Crippen LogP contribution is -2.48. The largest absolute Gasteiger partial charge is 0.474 e. The van der Waals surface area contributed by atoms with Gasteiger partial charge in [0, 0.05) is 25.9 Å². The highest BCUT2D eigenvalue weighted by atomic mass is 19.3. The first kappa shape index (κ1) is 26.4. The average molecular weight is 461 g/mol. The van der Waals surface area contributed by atoms with Gasteiger partial charge in [0.1, 0.15) is 12.3 Å². The summed E-state index contributed by atoms with van der Waals surface area (Å²) in [6, 6.07) is -0.284. The van der Waals surface area contributed by atoms with Gasteiger partial charge < -0.3 is 9.64 Å². The van der Waals surface area contributed by atoms with E-state index in [-0.39, 0.29) is 24.4 Å². The van der Waals surface area contributed by atoms with E-state index in [9.17, 15) is 13.6 Å². The number of rotatable bonds is 9. The van der Waals surface area contributed by atoms with Crippen molar-refractivity contribution in [3.8, 4) is 5.88 Å². The van der Waals surface area contributed by atoms with Gasteiger partial charge in [0.25, 0.3) is 5.92 Å². The summed E-state index contributed by atoms with van der Waals surface area (Å²) in [5, 5.41) is 0. The summed E-state index contributed by atoms with van der Waals surface area (Å²) in [5.74, 6) is -2.98. The summed E-state index contributed by atoms with van der Waals surface area (Å²) in [6.45, 7) is 10.7. The van der Waals surface area contributed by atoms with E-state index in [0.29, 0.717) is 6.42 Å². The van der Waals surface area contributed by atoms with E-state index in [1.165, 1.54) is 6.20 Å². The van der Waals surface area contributed by atoms with E-state index >= 15 is 0 Å². The fourth-order valence-corrected chi connectivity index (χ4v) is 3.70. The predicted molar refractivity (Wildman–Crippen MR) is 126 cm³/mol. The number of aromatic nitrogens is 2. The maximum atomic E-state index is 13.6. The standard InChI is InChI=1S/C25H34F2N4O2/c1-8-9-12-28-19(4)20-11-10-17(2)13-24(20,5)23(32)31(7)18(3)16-33-22-15-29-21(14-30-22)25(6,26)27/h9-12,14-15,18H,8,13,16H2,1-7H3/b12-9-,28-19?/t18-,24?/m0/s1. The zero-order valence-electron chi connectivity index (χ0n) is 20.5. The monoisotopic (exact) mass is 460 g/mol. The third-order valence-electron chi connectivity index (χ3n) is 5.76. The zero-order valence-corrected chi connectivity index (χ0v) is 20.5. The number of hydrogen-bond acceptors (Lipinski definition) is 5. The summed E-state index contributed by atoms with van der Waals surface area (Å²) >= 11 is 0. The Hall–Kier alpha value is -2.90. The Bertz CT molecular complexity index is 962. The molecule has 0 saturated heterocycles.